The van der Waals surface area contributed by atoms with Gasteiger partial charge in [0, 0.05) is 18.7 Å². The maximum absolute atomic E-state index is 5.74. The summed E-state index contributed by atoms with van der Waals surface area (Å²) in [6.45, 7) is 0.495. The zero-order chi connectivity index (χ0) is 11.7. The minimum atomic E-state index is 0.485. The molecule has 1 aliphatic carbocycles. The summed E-state index contributed by atoms with van der Waals surface area (Å²) in [5.41, 5.74) is 8.08. The van der Waals surface area contributed by atoms with Crippen LogP contribution >= 0.6 is 0 Å². The SMILES string of the molecule is NCc1cnc2oc(C3CCCCC3)nc2c1. The van der Waals surface area contributed by atoms with Gasteiger partial charge in [0.1, 0.15) is 5.52 Å². The molecule has 0 bridgehead atoms. The van der Waals surface area contributed by atoms with Gasteiger partial charge in [-0.2, -0.15) is 0 Å². The molecule has 2 aromatic heterocycles. The van der Waals surface area contributed by atoms with Gasteiger partial charge >= 0.3 is 0 Å². The second-order valence-electron chi connectivity index (χ2n) is 4.76. The Labute approximate surface area is 100 Å². The summed E-state index contributed by atoms with van der Waals surface area (Å²) in [6.07, 6.45) is 8.05. The molecule has 90 valence electrons. The van der Waals surface area contributed by atoms with Crippen molar-refractivity contribution in [2.24, 2.45) is 5.73 Å². The molecule has 2 aromatic rings. The predicted octanol–water partition coefficient (Wildman–Crippen LogP) is 2.73. The maximum atomic E-state index is 5.74. The monoisotopic (exact) mass is 231 g/mol. The van der Waals surface area contributed by atoms with Gasteiger partial charge in [0.2, 0.25) is 11.6 Å². The largest absolute Gasteiger partial charge is 0.422 e. The third-order valence-electron chi connectivity index (χ3n) is 3.51. The lowest BCUT2D eigenvalue weighted by atomic mass is 9.89. The number of hydrogen-bond acceptors (Lipinski definition) is 4. The molecule has 3 rings (SSSR count). The first-order valence-electron chi connectivity index (χ1n) is 6.32. The van der Waals surface area contributed by atoms with Crippen LogP contribution in [0, 0.1) is 0 Å². The van der Waals surface area contributed by atoms with Crippen LogP contribution in [0.2, 0.25) is 0 Å². The molecule has 1 saturated carbocycles. The zero-order valence-corrected chi connectivity index (χ0v) is 9.85. The Morgan fingerprint density at radius 1 is 1.29 bits per heavy atom. The van der Waals surface area contributed by atoms with E-state index in [0.717, 1.165) is 17.0 Å². The van der Waals surface area contributed by atoms with E-state index in [9.17, 15) is 0 Å². The molecule has 4 heteroatoms. The lowest BCUT2D eigenvalue weighted by Crippen LogP contribution is -2.04. The van der Waals surface area contributed by atoms with Crippen LogP contribution in [-0.2, 0) is 6.54 Å². The lowest BCUT2D eigenvalue weighted by molar-refractivity contribution is 0.371. The molecular formula is C13H17N3O. The molecule has 2 N–H and O–H groups in total. The summed E-state index contributed by atoms with van der Waals surface area (Å²) in [5.74, 6) is 1.35. The van der Waals surface area contributed by atoms with E-state index in [1.165, 1.54) is 32.1 Å². The van der Waals surface area contributed by atoms with Gasteiger partial charge in [-0.15, -0.1) is 0 Å². The molecule has 0 atom stereocenters. The molecule has 0 radical (unpaired) electrons. The summed E-state index contributed by atoms with van der Waals surface area (Å²) >= 11 is 0. The van der Waals surface area contributed by atoms with Gasteiger partial charge in [-0.3, -0.25) is 0 Å². The topological polar surface area (TPSA) is 64.9 Å². The van der Waals surface area contributed by atoms with Gasteiger partial charge in [0.05, 0.1) is 0 Å². The fourth-order valence-electron chi connectivity index (χ4n) is 2.52. The summed E-state index contributed by atoms with van der Waals surface area (Å²) in [4.78, 5) is 8.82. The maximum Gasteiger partial charge on any atom is 0.246 e. The van der Waals surface area contributed by atoms with E-state index in [4.69, 9.17) is 10.2 Å². The van der Waals surface area contributed by atoms with Crippen molar-refractivity contribution in [3.8, 4) is 0 Å². The molecule has 1 fully saturated rings. The van der Waals surface area contributed by atoms with Crippen molar-refractivity contribution in [1.82, 2.24) is 9.97 Å². The molecule has 1 aliphatic rings. The van der Waals surface area contributed by atoms with E-state index in [-0.39, 0.29) is 0 Å². The van der Waals surface area contributed by atoms with Gasteiger partial charge in [0.25, 0.3) is 0 Å². The Morgan fingerprint density at radius 2 is 2.12 bits per heavy atom. The number of fused-ring (bicyclic) bond motifs is 1. The quantitative estimate of drug-likeness (QED) is 0.863. The first-order chi connectivity index (χ1) is 8.36. The normalized spacial score (nSPS) is 17.7. The predicted molar refractivity (Wildman–Crippen MR) is 65.5 cm³/mol. The van der Waals surface area contributed by atoms with Crippen LogP contribution in [0.4, 0.5) is 0 Å². The van der Waals surface area contributed by atoms with Crippen LogP contribution in [-0.4, -0.2) is 9.97 Å². The highest BCUT2D eigenvalue weighted by Crippen LogP contribution is 2.33. The average molecular weight is 231 g/mol. The first kappa shape index (κ1) is 10.7. The van der Waals surface area contributed by atoms with Crippen LogP contribution in [0.3, 0.4) is 0 Å². The van der Waals surface area contributed by atoms with E-state index in [2.05, 4.69) is 9.97 Å². The summed E-state index contributed by atoms with van der Waals surface area (Å²) in [6, 6.07) is 1.97. The average Bonchev–Trinajstić information content (AvgIpc) is 2.82. The molecular weight excluding hydrogens is 214 g/mol. The van der Waals surface area contributed by atoms with E-state index in [0.29, 0.717) is 18.2 Å². The Bertz CT molecular complexity index is 514. The molecule has 2 heterocycles. The highest BCUT2D eigenvalue weighted by atomic mass is 16.4. The standard InChI is InChI=1S/C13H17N3O/c14-7-9-6-11-13(15-8-9)17-12(16-11)10-4-2-1-3-5-10/h6,8,10H,1-5,7,14H2. The van der Waals surface area contributed by atoms with Crippen LogP contribution < -0.4 is 5.73 Å². The minimum absolute atomic E-state index is 0.485. The van der Waals surface area contributed by atoms with Gasteiger partial charge < -0.3 is 10.2 Å². The van der Waals surface area contributed by atoms with Crippen molar-refractivity contribution in [3.05, 3.63) is 23.7 Å². The summed E-state index contributed by atoms with van der Waals surface area (Å²) in [7, 11) is 0. The second-order valence-corrected chi connectivity index (χ2v) is 4.76. The highest BCUT2D eigenvalue weighted by molar-refractivity contribution is 5.68. The van der Waals surface area contributed by atoms with Crippen molar-refractivity contribution >= 4 is 11.2 Å². The van der Waals surface area contributed by atoms with Crippen LogP contribution in [0.1, 0.15) is 49.5 Å². The lowest BCUT2D eigenvalue weighted by Gasteiger charge is -2.17. The van der Waals surface area contributed by atoms with E-state index in [1.807, 2.05) is 6.07 Å². The Kier molecular flexibility index (Phi) is 2.81. The fraction of sp³-hybridized carbons (Fsp3) is 0.538. The van der Waals surface area contributed by atoms with Crippen LogP contribution in [0.5, 0.6) is 0 Å². The zero-order valence-electron chi connectivity index (χ0n) is 9.85. The van der Waals surface area contributed by atoms with Crippen molar-refractivity contribution < 1.29 is 4.42 Å². The van der Waals surface area contributed by atoms with E-state index >= 15 is 0 Å². The Hall–Kier alpha value is -1.42. The smallest absolute Gasteiger partial charge is 0.246 e. The Morgan fingerprint density at radius 3 is 2.88 bits per heavy atom. The van der Waals surface area contributed by atoms with Crippen molar-refractivity contribution in [2.45, 2.75) is 44.6 Å². The molecule has 0 unspecified atom stereocenters. The summed E-state index contributed by atoms with van der Waals surface area (Å²) in [5, 5.41) is 0. The molecule has 0 amide bonds. The number of nitrogens with two attached hydrogens (primary N) is 1. The van der Waals surface area contributed by atoms with Crippen LogP contribution in [0.15, 0.2) is 16.7 Å². The van der Waals surface area contributed by atoms with E-state index < -0.39 is 0 Å². The molecule has 0 aromatic carbocycles. The molecule has 0 saturated heterocycles. The highest BCUT2D eigenvalue weighted by Gasteiger charge is 2.21. The third-order valence-corrected chi connectivity index (χ3v) is 3.51. The fourth-order valence-corrected chi connectivity index (χ4v) is 2.52. The van der Waals surface area contributed by atoms with E-state index in [1.54, 1.807) is 6.20 Å². The molecule has 17 heavy (non-hydrogen) atoms. The van der Waals surface area contributed by atoms with Gasteiger partial charge in [-0.05, 0) is 24.5 Å². The molecule has 0 spiro atoms. The van der Waals surface area contributed by atoms with Crippen LogP contribution in [0.25, 0.3) is 11.2 Å². The number of pyridine rings is 1. The summed E-state index contributed by atoms with van der Waals surface area (Å²) < 4.78 is 5.74. The molecule has 4 nitrogen and oxygen atoms in total. The van der Waals surface area contributed by atoms with Gasteiger partial charge in [-0.25, -0.2) is 9.97 Å². The van der Waals surface area contributed by atoms with Crippen molar-refractivity contribution in [3.63, 3.8) is 0 Å². The number of hydrogen-bond donors (Lipinski definition) is 1. The third kappa shape index (κ3) is 2.05. The van der Waals surface area contributed by atoms with Crippen molar-refractivity contribution in [2.75, 3.05) is 0 Å². The van der Waals surface area contributed by atoms with Gasteiger partial charge in [-0.1, -0.05) is 19.3 Å². The Balaban J connectivity index is 1.95. The second kappa shape index (κ2) is 4.45. The minimum Gasteiger partial charge on any atom is -0.422 e. The van der Waals surface area contributed by atoms with Crippen molar-refractivity contribution in [1.29, 1.82) is 0 Å². The first-order valence-corrected chi connectivity index (χ1v) is 6.32. The number of aromatic nitrogens is 2. The molecule has 0 aliphatic heterocycles. The number of oxazole rings is 1. The van der Waals surface area contributed by atoms with Gasteiger partial charge in [0.15, 0.2) is 0 Å². The number of nitrogens with zero attached hydrogens (tertiary/aromatic N) is 2. The number of rotatable bonds is 2.